The molecule has 0 bridgehead atoms. The van der Waals surface area contributed by atoms with Gasteiger partial charge in [0.2, 0.25) is 0 Å². The van der Waals surface area contributed by atoms with Crippen molar-refractivity contribution >= 4 is 11.7 Å². The van der Waals surface area contributed by atoms with Crippen LogP contribution in [0.5, 0.6) is 5.75 Å². The molecule has 6 heteroatoms. The van der Waals surface area contributed by atoms with Gasteiger partial charge >= 0.3 is 0 Å². The summed E-state index contributed by atoms with van der Waals surface area (Å²) in [7, 11) is 0. The van der Waals surface area contributed by atoms with Gasteiger partial charge < -0.3 is 19.6 Å². The van der Waals surface area contributed by atoms with Crippen LogP contribution < -0.4 is 4.74 Å². The molecule has 27 heavy (non-hydrogen) atoms. The number of hydrogen-bond acceptors (Lipinski definition) is 5. The fraction of sp³-hybridized carbons (Fsp3) is 0.524. The van der Waals surface area contributed by atoms with E-state index in [9.17, 15) is 14.7 Å². The Kier molecular flexibility index (Phi) is 6.16. The number of benzene rings is 1. The number of amides is 1. The number of carbonyl (C=O) groups excluding carboxylic acids is 2. The lowest BCUT2D eigenvalue weighted by molar-refractivity contribution is -0.129. The lowest BCUT2D eigenvalue weighted by atomic mass is 9.96. The molecule has 0 radical (unpaired) electrons. The molecule has 1 amide bonds. The maximum absolute atomic E-state index is 12.6. The minimum absolute atomic E-state index is 0.184. The van der Waals surface area contributed by atoms with Crippen molar-refractivity contribution in [3.63, 3.8) is 0 Å². The van der Waals surface area contributed by atoms with Crippen molar-refractivity contribution in [1.82, 2.24) is 9.80 Å². The summed E-state index contributed by atoms with van der Waals surface area (Å²) in [6.45, 7) is 7.39. The number of hydrogen-bond donors (Lipinski definition) is 1. The second kappa shape index (κ2) is 8.57. The van der Waals surface area contributed by atoms with Crippen LogP contribution >= 0.6 is 0 Å². The molecule has 146 valence electrons. The van der Waals surface area contributed by atoms with Crippen LogP contribution in [0.2, 0.25) is 0 Å². The summed E-state index contributed by atoms with van der Waals surface area (Å²) in [6, 6.07) is 6.89. The summed E-state index contributed by atoms with van der Waals surface area (Å²) in [5, 5.41) is 10.3. The van der Waals surface area contributed by atoms with Gasteiger partial charge in [0.05, 0.1) is 18.2 Å². The van der Waals surface area contributed by atoms with E-state index in [2.05, 4.69) is 4.90 Å². The van der Waals surface area contributed by atoms with E-state index in [1.54, 1.807) is 4.90 Å². The third-order valence-electron chi connectivity index (χ3n) is 5.21. The van der Waals surface area contributed by atoms with Crippen LogP contribution in [0.3, 0.4) is 0 Å². The van der Waals surface area contributed by atoms with Crippen LogP contribution in [0.25, 0.3) is 0 Å². The van der Waals surface area contributed by atoms with Crippen LogP contribution in [0, 0.1) is 0 Å². The summed E-state index contributed by atoms with van der Waals surface area (Å²) in [6.07, 6.45) is 3.28. The first-order chi connectivity index (χ1) is 13.0. The number of likely N-dealkylation sites (tertiary alicyclic amines) is 1. The van der Waals surface area contributed by atoms with Crippen molar-refractivity contribution in [3.05, 3.63) is 41.2 Å². The molecule has 1 aromatic carbocycles. The van der Waals surface area contributed by atoms with E-state index in [-0.39, 0.29) is 11.4 Å². The van der Waals surface area contributed by atoms with Crippen molar-refractivity contribution < 1.29 is 19.4 Å². The van der Waals surface area contributed by atoms with Gasteiger partial charge in [-0.3, -0.25) is 9.59 Å². The molecule has 2 aliphatic rings. The number of Topliss-reactive ketones (excluding diaryl/α,β-unsaturated/α-hetero) is 1. The van der Waals surface area contributed by atoms with E-state index in [0.29, 0.717) is 13.2 Å². The second-order valence-corrected chi connectivity index (χ2v) is 7.19. The molecule has 3 rings (SSSR count). The van der Waals surface area contributed by atoms with Crippen LogP contribution in [-0.4, -0.2) is 59.4 Å². The Morgan fingerprint density at radius 1 is 1.19 bits per heavy atom. The SMILES string of the molecule is CCCOc1ccc(C2C(C(C)=O)=C(O)C(=O)N2CCN2CCCC2)cc1. The first-order valence-electron chi connectivity index (χ1n) is 9.73. The van der Waals surface area contributed by atoms with Gasteiger partial charge in [-0.05, 0) is 57.0 Å². The maximum Gasteiger partial charge on any atom is 0.290 e. The van der Waals surface area contributed by atoms with Crippen molar-refractivity contribution in [2.24, 2.45) is 0 Å². The van der Waals surface area contributed by atoms with Gasteiger partial charge in [-0.1, -0.05) is 19.1 Å². The predicted molar refractivity (Wildman–Crippen MR) is 103 cm³/mol. The van der Waals surface area contributed by atoms with Gasteiger partial charge in [-0.15, -0.1) is 0 Å². The number of aliphatic hydroxyl groups is 1. The maximum atomic E-state index is 12.6. The highest BCUT2D eigenvalue weighted by Crippen LogP contribution is 2.38. The smallest absolute Gasteiger partial charge is 0.290 e. The van der Waals surface area contributed by atoms with Gasteiger partial charge in [0.25, 0.3) is 5.91 Å². The molecule has 1 unspecified atom stereocenters. The second-order valence-electron chi connectivity index (χ2n) is 7.19. The zero-order chi connectivity index (χ0) is 19.4. The number of rotatable bonds is 8. The summed E-state index contributed by atoms with van der Waals surface area (Å²) in [5.74, 6) is -0.400. The van der Waals surface area contributed by atoms with E-state index in [4.69, 9.17) is 4.74 Å². The molecule has 1 aromatic rings. The topological polar surface area (TPSA) is 70.1 Å². The van der Waals surface area contributed by atoms with Crippen LogP contribution in [0.15, 0.2) is 35.6 Å². The van der Waals surface area contributed by atoms with Gasteiger partial charge in [0, 0.05) is 13.1 Å². The van der Waals surface area contributed by atoms with E-state index >= 15 is 0 Å². The highest BCUT2D eigenvalue weighted by atomic mass is 16.5. The zero-order valence-corrected chi connectivity index (χ0v) is 16.1. The molecule has 1 fully saturated rings. The van der Waals surface area contributed by atoms with Crippen LogP contribution in [0.1, 0.15) is 44.7 Å². The molecule has 6 nitrogen and oxygen atoms in total. The fourth-order valence-corrected chi connectivity index (χ4v) is 3.81. The summed E-state index contributed by atoms with van der Waals surface area (Å²) in [4.78, 5) is 28.7. The first-order valence-corrected chi connectivity index (χ1v) is 9.73. The standard InChI is InChI=1S/C21H28N2O4/c1-3-14-27-17-8-6-16(7-9-17)19-18(15(2)24)20(25)21(26)23(19)13-12-22-10-4-5-11-22/h6-9,19,25H,3-5,10-14H2,1-2H3. The number of carbonyl (C=O) groups is 2. The minimum Gasteiger partial charge on any atom is -0.503 e. The average Bonchev–Trinajstić information content (AvgIpc) is 3.26. The molecular weight excluding hydrogens is 344 g/mol. The van der Waals surface area contributed by atoms with Gasteiger partial charge in [0.1, 0.15) is 5.75 Å². The third kappa shape index (κ3) is 4.16. The van der Waals surface area contributed by atoms with Gasteiger partial charge in [0.15, 0.2) is 11.5 Å². The molecule has 1 saturated heterocycles. The van der Waals surface area contributed by atoms with Crippen molar-refractivity contribution in [2.45, 2.75) is 39.2 Å². The van der Waals surface area contributed by atoms with Crippen molar-refractivity contribution in [1.29, 1.82) is 0 Å². The van der Waals surface area contributed by atoms with Gasteiger partial charge in [-0.25, -0.2) is 0 Å². The van der Waals surface area contributed by atoms with E-state index in [0.717, 1.165) is 37.4 Å². The minimum atomic E-state index is -0.544. The Morgan fingerprint density at radius 3 is 2.44 bits per heavy atom. The highest BCUT2D eigenvalue weighted by Gasteiger charge is 2.42. The number of aliphatic hydroxyl groups excluding tert-OH is 1. The zero-order valence-electron chi connectivity index (χ0n) is 16.1. The lowest BCUT2D eigenvalue weighted by Gasteiger charge is -2.28. The Hall–Kier alpha value is -2.34. The Balaban J connectivity index is 1.83. The molecule has 0 aromatic heterocycles. The summed E-state index contributed by atoms with van der Waals surface area (Å²) >= 11 is 0. The summed E-state index contributed by atoms with van der Waals surface area (Å²) in [5.41, 5.74) is 0.992. The van der Waals surface area contributed by atoms with E-state index in [1.807, 2.05) is 31.2 Å². The normalized spacial score (nSPS) is 20.6. The largest absolute Gasteiger partial charge is 0.503 e. The molecule has 1 N–H and O–H groups in total. The molecule has 1 atom stereocenters. The molecule has 0 spiro atoms. The molecule has 0 saturated carbocycles. The van der Waals surface area contributed by atoms with Crippen LogP contribution in [-0.2, 0) is 9.59 Å². The Bertz CT molecular complexity index is 720. The number of ketones is 1. The lowest BCUT2D eigenvalue weighted by Crippen LogP contribution is -2.37. The molecule has 2 heterocycles. The van der Waals surface area contributed by atoms with Crippen molar-refractivity contribution in [3.8, 4) is 5.75 Å². The number of ether oxygens (including phenoxy) is 1. The quantitative estimate of drug-likeness (QED) is 0.760. The Morgan fingerprint density at radius 2 is 1.85 bits per heavy atom. The van der Waals surface area contributed by atoms with Crippen molar-refractivity contribution in [2.75, 3.05) is 32.8 Å². The van der Waals surface area contributed by atoms with E-state index in [1.165, 1.54) is 19.8 Å². The average molecular weight is 372 g/mol. The molecule has 0 aliphatic carbocycles. The van der Waals surface area contributed by atoms with E-state index < -0.39 is 17.7 Å². The highest BCUT2D eigenvalue weighted by molar-refractivity contribution is 6.08. The molecular formula is C21H28N2O4. The fourth-order valence-electron chi connectivity index (χ4n) is 3.81. The predicted octanol–water partition coefficient (Wildman–Crippen LogP) is 2.86. The van der Waals surface area contributed by atoms with Crippen LogP contribution in [0.4, 0.5) is 0 Å². The monoisotopic (exact) mass is 372 g/mol. The summed E-state index contributed by atoms with van der Waals surface area (Å²) < 4.78 is 5.62. The first kappa shape index (κ1) is 19.4. The number of nitrogens with zero attached hydrogens (tertiary/aromatic N) is 2. The van der Waals surface area contributed by atoms with Gasteiger partial charge in [-0.2, -0.15) is 0 Å². The third-order valence-corrected chi connectivity index (χ3v) is 5.21. The Labute approximate surface area is 160 Å². The molecule has 2 aliphatic heterocycles.